The third-order valence-electron chi connectivity index (χ3n) is 3.57. The van der Waals surface area contributed by atoms with Crippen molar-refractivity contribution in [1.82, 2.24) is 9.80 Å². The summed E-state index contributed by atoms with van der Waals surface area (Å²) >= 11 is 0. The lowest BCUT2D eigenvalue weighted by atomic mass is 10.2. The third-order valence-corrected chi connectivity index (χ3v) is 3.57. The fourth-order valence-corrected chi connectivity index (χ4v) is 2.54. The van der Waals surface area contributed by atoms with Crippen molar-refractivity contribution in [2.75, 3.05) is 25.9 Å². The standard InChI is InChI=1S/C15H23N3O/c1-17(12-13-7-6-8-14(16)11-13)15(19)18-9-4-2-3-5-10-18/h6-8,11H,2-5,9-10,12,16H2,1H3. The second kappa shape index (κ2) is 6.45. The molecule has 0 aliphatic carbocycles. The van der Waals surface area contributed by atoms with Crippen molar-refractivity contribution < 1.29 is 4.79 Å². The molecular formula is C15H23N3O. The fraction of sp³-hybridized carbons (Fsp3) is 0.533. The smallest absolute Gasteiger partial charge is 0.320 e. The van der Waals surface area contributed by atoms with E-state index in [-0.39, 0.29) is 6.03 Å². The molecule has 2 amide bonds. The molecule has 1 aliphatic heterocycles. The van der Waals surface area contributed by atoms with Gasteiger partial charge in [0.2, 0.25) is 0 Å². The lowest BCUT2D eigenvalue weighted by Gasteiger charge is -2.27. The van der Waals surface area contributed by atoms with Gasteiger partial charge in [-0.2, -0.15) is 0 Å². The summed E-state index contributed by atoms with van der Waals surface area (Å²) in [6, 6.07) is 7.84. The van der Waals surface area contributed by atoms with Gasteiger partial charge in [0.25, 0.3) is 0 Å². The third kappa shape index (κ3) is 3.88. The summed E-state index contributed by atoms with van der Waals surface area (Å²) < 4.78 is 0. The Balaban J connectivity index is 1.94. The van der Waals surface area contributed by atoms with Crippen LogP contribution in [-0.4, -0.2) is 36.0 Å². The van der Waals surface area contributed by atoms with Gasteiger partial charge in [-0.25, -0.2) is 4.79 Å². The second-order valence-corrected chi connectivity index (χ2v) is 5.28. The number of carbonyl (C=O) groups excluding carboxylic acids is 1. The minimum Gasteiger partial charge on any atom is -0.399 e. The molecule has 4 nitrogen and oxygen atoms in total. The maximum atomic E-state index is 12.4. The predicted molar refractivity (Wildman–Crippen MR) is 77.8 cm³/mol. The van der Waals surface area contributed by atoms with Crippen LogP contribution in [0.1, 0.15) is 31.2 Å². The first-order valence-corrected chi connectivity index (χ1v) is 7.01. The van der Waals surface area contributed by atoms with Crippen LogP contribution < -0.4 is 5.73 Å². The van der Waals surface area contributed by atoms with E-state index in [0.717, 1.165) is 37.2 Å². The van der Waals surface area contributed by atoms with Crippen LogP contribution in [0.2, 0.25) is 0 Å². The topological polar surface area (TPSA) is 49.6 Å². The van der Waals surface area contributed by atoms with Crippen molar-refractivity contribution in [1.29, 1.82) is 0 Å². The van der Waals surface area contributed by atoms with Gasteiger partial charge in [0.1, 0.15) is 0 Å². The van der Waals surface area contributed by atoms with E-state index in [4.69, 9.17) is 5.73 Å². The molecule has 0 bridgehead atoms. The van der Waals surface area contributed by atoms with Gasteiger partial charge in [-0.15, -0.1) is 0 Å². The first-order chi connectivity index (χ1) is 9.16. The molecule has 1 heterocycles. The number of amides is 2. The molecule has 1 aromatic rings. The normalized spacial score (nSPS) is 15.9. The highest BCUT2D eigenvalue weighted by molar-refractivity contribution is 5.74. The average Bonchev–Trinajstić information content (AvgIpc) is 2.66. The summed E-state index contributed by atoms with van der Waals surface area (Å²) in [6.45, 7) is 2.39. The number of hydrogen-bond donors (Lipinski definition) is 1. The van der Waals surface area contributed by atoms with Crippen LogP contribution in [-0.2, 0) is 6.54 Å². The Hall–Kier alpha value is -1.71. The summed E-state index contributed by atoms with van der Waals surface area (Å²) in [5, 5.41) is 0. The molecule has 4 heteroatoms. The highest BCUT2D eigenvalue weighted by Gasteiger charge is 2.19. The zero-order valence-electron chi connectivity index (χ0n) is 11.6. The quantitative estimate of drug-likeness (QED) is 0.832. The molecular weight excluding hydrogens is 238 g/mol. The Morgan fingerprint density at radius 1 is 1.26 bits per heavy atom. The van der Waals surface area contributed by atoms with Gasteiger partial charge in [0.15, 0.2) is 0 Å². The molecule has 0 aromatic heterocycles. The van der Waals surface area contributed by atoms with Gasteiger partial charge in [0.05, 0.1) is 0 Å². The first kappa shape index (κ1) is 13.7. The van der Waals surface area contributed by atoms with Crippen molar-refractivity contribution in [2.45, 2.75) is 32.2 Å². The van der Waals surface area contributed by atoms with E-state index in [1.54, 1.807) is 4.90 Å². The summed E-state index contributed by atoms with van der Waals surface area (Å²) in [7, 11) is 1.86. The van der Waals surface area contributed by atoms with Gasteiger partial charge in [-0.1, -0.05) is 25.0 Å². The Bertz CT molecular complexity index is 425. The summed E-state index contributed by atoms with van der Waals surface area (Å²) in [5.41, 5.74) is 7.58. The van der Waals surface area contributed by atoms with Gasteiger partial charge in [-0.05, 0) is 30.5 Å². The molecule has 104 valence electrons. The lowest BCUT2D eigenvalue weighted by Crippen LogP contribution is -2.41. The highest BCUT2D eigenvalue weighted by Crippen LogP contribution is 2.13. The molecule has 1 aliphatic rings. The summed E-state index contributed by atoms with van der Waals surface area (Å²) in [5.74, 6) is 0. The molecule has 0 radical (unpaired) electrons. The van der Waals surface area contributed by atoms with Gasteiger partial charge < -0.3 is 15.5 Å². The van der Waals surface area contributed by atoms with Crippen LogP contribution in [0.4, 0.5) is 10.5 Å². The zero-order chi connectivity index (χ0) is 13.7. The number of nitrogen functional groups attached to an aromatic ring is 1. The second-order valence-electron chi connectivity index (χ2n) is 5.28. The number of rotatable bonds is 2. The van der Waals surface area contributed by atoms with E-state index < -0.39 is 0 Å². The number of urea groups is 1. The van der Waals surface area contributed by atoms with Crippen LogP contribution >= 0.6 is 0 Å². The molecule has 1 fully saturated rings. The number of carbonyl (C=O) groups is 1. The van der Waals surface area contributed by atoms with Gasteiger partial charge in [0, 0.05) is 32.4 Å². The van der Waals surface area contributed by atoms with Crippen molar-refractivity contribution in [3.05, 3.63) is 29.8 Å². The first-order valence-electron chi connectivity index (χ1n) is 7.01. The van der Waals surface area contributed by atoms with Crippen molar-refractivity contribution >= 4 is 11.7 Å². The minimum absolute atomic E-state index is 0.129. The summed E-state index contributed by atoms with van der Waals surface area (Å²) in [6.07, 6.45) is 4.72. The van der Waals surface area contributed by atoms with Gasteiger partial charge in [-0.3, -0.25) is 0 Å². The fourth-order valence-electron chi connectivity index (χ4n) is 2.54. The Labute approximate surface area is 115 Å². The Morgan fingerprint density at radius 2 is 1.95 bits per heavy atom. The van der Waals surface area contributed by atoms with Crippen molar-refractivity contribution in [3.63, 3.8) is 0 Å². The number of likely N-dealkylation sites (tertiary alicyclic amines) is 1. The van der Waals surface area contributed by atoms with Crippen LogP contribution in [0.25, 0.3) is 0 Å². The molecule has 1 aromatic carbocycles. The molecule has 0 atom stereocenters. The molecule has 1 saturated heterocycles. The van der Waals surface area contributed by atoms with E-state index in [1.165, 1.54) is 12.8 Å². The predicted octanol–water partition coefficient (Wildman–Crippen LogP) is 2.70. The molecule has 2 rings (SSSR count). The number of anilines is 1. The van der Waals surface area contributed by atoms with E-state index in [1.807, 2.05) is 36.2 Å². The van der Waals surface area contributed by atoms with E-state index >= 15 is 0 Å². The molecule has 0 spiro atoms. The number of nitrogens with two attached hydrogens (primary N) is 1. The maximum Gasteiger partial charge on any atom is 0.320 e. The van der Waals surface area contributed by atoms with Crippen molar-refractivity contribution in [2.24, 2.45) is 0 Å². The van der Waals surface area contributed by atoms with Crippen molar-refractivity contribution in [3.8, 4) is 0 Å². The highest BCUT2D eigenvalue weighted by atomic mass is 16.2. The van der Waals surface area contributed by atoms with E-state index in [0.29, 0.717) is 6.54 Å². The van der Waals surface area contributed by atoms with E-state index in [2.05, 4.69) is 0 Å². The SMILES string of the molecule is CN(Cc1cccc(N)c1)C(=O)N1CCCCCC1. The summed E-state index contributed by atoms with van der Waals surface area (Å²) in [4.78, 5) is 16.1. The van der Waals surface area contributed by atoms with E-state index in [9.17, 15) is 4.79 Å². The van der Waals surface area contributed by atoms with Gasteiger partial charge >= 0.3 is 6.03 Å². The monoisotopic (exact) mass is 261 g/mol. The molecule has 0 unspecified atom stereocenters. The van der Waals surface area contributed by atoms with Crippen LogP contribution in [0.15, 0.2) is 24.3 Å². The Kier molecular flexibility index (Phi) is 4.66. The number of hydrogen-bond acceptors (Lipinski definition) is 2. The largest absolute Gasteiger partial charge is 0.399 e. The van der Waals surface area contributed by atoms with Crippen LogP contribution in [0.5, 0.6) is 0 Å². The zero-order valence-corrected chi connectivity index (χ0v) is 11.6. The molecule has 0 saturated carbocycles. The number of benzene rings is 1. The maximum absolute atomic E-state index is 12.4. The average molecular weight is 261 g/mol. The minimum atomic E-state index is 0.129. The van der Waals surface area contributed by atoms with Crippen LogP contribution in [0, 0.1) is 0 Å². The Morgan fingerprint density at radius 3 is 2.58 bits per heavy atom. The molecule has 2 N–H and O–H groups in total. The lowest BCUT2D eigenvalue weighted by molar-refractivity contribution is 0.162. The number of nitrogens with zero attached hydrogens (tertiary/aromatic N) is 2. The molecule has 19 heavy (non-hydrogen) atoms. The van der Waals surface area contributed by atoms with Crippen LogP contribution in [0.3, 0.4) is 0 Å².